The molecule has 0 saturated carbocycles. The van der Waals surface area contributed by atoms with Gasteiger partial charge in [0.2, 0.25) is 0 Å². The minimum Gasteiger partial charge on any atom is -0.336 e. The lowest BCUT2D eigenvalue weighted by Gasteiger charge is -2.19. The second-order valence-electron chi connectivity index (χ2n) is 4.50. The highest BCUT2D eigenvalue weighted by Gasteiger charge is 2.25. The van der Waals surface area contributed by atoms with E-state index in [0.717, 1.165) is 19.5 Å². The van der Waals surface area contributed by atoms with E-state index in [-0.39, 0.29) is 6.03 Å². The van der Waals surface area contributed by atoms with Gasteiger partial charge in [-0.2, -0.15) is 0 Å². The smallest absolute Gasteiger partial charge is 0.317 e. The lowest BCUT2D eigenvalue weighted by molar-refractivity contribution is 0.205. The second kappa shape index (κ2) is 6.70. The third kappa shape index (κ3) is 4.10. The molecule has 2 amide bonds. The summed E-state index contributed by atoms with van der Waals surface area (Å²) in [6, 6.07) is 0.504. The number of carbonyl (C=O) groups is 1. The molecule has 1 unspecified atom stereocenters. The van der Waals surface area contributed by atoms with Crippen LogP contribution in [0.5, 0.6) is 0 Å². The Morgan fingerprint density at radius 1 is 1.27 bits per heavy atom. The zero-order valence-corrected chi connectivity index (χ0v) is 10.1. The molecule has 1 atom stereocenters. The van der Waals surface area contributed by atoms with Gasteiger partial charge in [0.1, 0.15) is 0 Å². The molecule has 1 heterocycles. The molecule has 3 nitrogen and oxygen atoms in total. The predicted octanol–water partition coefficient (Wildman–Crippen LogP) is 2.76. The molecule has 3 heteroatoms. The van der Waals surface area contributed by atoms with Crippen LogP contribution < -0.4 is 5.32 Å². The van der Waals surface area contributed by atoms with E-state index < -0.39 is 0 Å². The number of urea groups is 1. The van der Waals surface area contributed by atoms with Crippen LogP contribution in [0.1, 0.15) is 52.4 Å². The van der Waals surface area contributed by atoms with Gasteiger partial charge in [-0.3, -0.25) is 0 Å². The summed E-state index contributed by atoms with van der Waals surface area (Å²) in [6.07, 6.45) is 7.72. The summed E-state index contributed by atoms with van der Waals surface area (Å²) in [5.41, 5.74) is 0. The SMILES string of the molecule is CCCCCCCCN1C(=O)NCC1C. The number of nitrogens with one attached hydrogen (secondary N) is 1. The van der Waals surface area contributed by atoms with Gasteiger partial charge in [0.25, 0.3) is 0 Å². The zero-order chi connectivity index (χ0) is 11.1. The van der Waals surface area contributed by atoms with Crippen LogP contribution in [0.25, 0.3) is 0 Å². The van der Waals surface area contributed by atoms with Crippen LogP contribution in [0.2, 0.25) is 0 Å². The molecule has 1 rings (SSSR count). The summed E-state index contributed by atoms with van der Waals surface area (Å²) >= 11 is 0. The molecule has 1 N–H and O–H groups in total. The molecule has 1 aliphatic heterocycles. The van der Waals surface area contributed by atoms with Gasteiger partial charge in [0.15, 0.2) is 0 Å². The van der Waals surface area contributed by atoms with E-state index in [9.17, 15) is 4.79 Å². The fourth-order valence-electron chi connectivity index (χ4n) is 2.03. The van der Waals surface area contributed by atoms with Crippen LogP contribution in [-0.4, -0.2) is 30.1 Å². The number of rotatable bonds is 7. The molecule has 0 spiro atoms. The predicted molar refractivity (Wildman–Crippen MR) is 62.9 cm³/mol. The summed E-state index contributed by atoms with van der Waals surface area (Å²) in [6.45, 7) is 6.08. The lowest BCUT2D eigenvalue weighted by Crippen LogP contribution is -2.33. The highest BCUT2D eigenvalue weighted by molar-refractivity contribution is 5.76. The zero-order valence-electron chi connectivity index (χ0n) is 10.1. The average molecular weight is 212 g/mol. The van der Waals surface area contributed by atoms with Crippen molar-refractivity contribution in [3.05, 3.63) is 0 Å². The van der Waals surface area contributed by atoms with E-state index in [0.29, 0.717) is 6.04 Å². The van der Waals surface area contributed by atoms with Gasteiger partial charge < -0.3 is 10.2 Å². The van der Waals surface area contributed by atoms with Gasteiger partial charge in [-0.15, -0.1) is 0 Å². The van der Waals surface area contributed by atoms with Crippen LogP contribution in [0, 0.1) is 0 Å². The first-order valence-corrected chi connectivity index (χ1v) is 6.30. The first kappa shape index (κ1) is 12.3. The third-order valence-electron chi connectivity index (χ3n) is 3.09. The minimum atomic E-state index is 0.121. The molecular weight excluding hydrogens is 188 g/mol. The quantitative estimate of drug-likeness (QED) is 0.647. The third-order valence-corrected chi connectivity index (χ3v) is 3.09. The standard InChI is InChI=1S/C12H24N2O/c1-3-4-5-6-7-8-9-14-11(2)10-13-12(14)15/h11H,3-10H2,1-2H3,(H,13,15). The Bertz CT molecular complexity index is 194. The van der Waals surface area contributed by atoms with E-state index in [1.165, 1.54) is 32.1 Å². The number of hydrogen-bond donors (Lipinski definition) is 1. The Morgan fingerprint density at radius 2 is 1.93 bits per heavy atom. The van der Waals surface area contributed by atoms with Gasteiger partial charge in [-0.1, -0.05) is 39.0 Å². The molecule has 0 radical (unpaired) electrons. The van der Waals surface area contributed by atoms with Crippen molar-refractivity contribution in [2.24, 2.45) is 0 Å². The summed E-state index contributed by atoms with van der Waals surface area (Å²) < 4.78 is 0. The van der Waals surface area contributed by atoms with Gasteiger partial charge in [0, 0.05) is 19.1 Å². The molecule has 1 fully saturated rings. The van der Waals surface area contributed by atoms with Crippen LogP contribution in [-0.2, 0) is 0 Å². The molecule has 0 aliphatic carbocycles. The monoisotopic (exact) mass is 212 g/mol. The van der Waals surface area contributed by atoms with Crippen molar-refractivity contribution in [2.75, 3.05) is 13.1 Å². The fraction of sp³-hybridized carbons (Fsp3) is 0.917. The molecule has 1 saturated heterocycles. The van der Waals surface area contributed by atoms with Crippen molar-refractivity contribution in [3.63, 3.8) is 0 Å². The maximum absolute atomic E-state index is 11.4. The van der Waals surface area contributed by atoms with E-state index >= 15 is 0 Å². The molecule has 88 valence electrons. The van der Waals surface area contributed by atoms with Gasteiger partial charge in [0.05, 0.1) is 0 Å². The largest absolute Gasteiger partial charge is 0.336 e. The maximum atomic E-state index is 11.4. The van der Waals surface area contributed by atoms with Crippen molar-refractivity contribution >= 4 is 6.03 Å². The van der Waals surface area contributed by atoms with Gasteiger partial charge >= 0.3 is 6.03 Å². The van der Waals surface area contributed by atoms with Gasteiger partial charge in [-0.25, -0.2) is 4.79 Å². The Labute approximate surface area is 93.2 Å². The lowest BCUT2D eigenvalue weighted by atomic mass is 10.1. The molecule has 1 aliphatic rings. The van der Waals surface area contributed by atoms with Gasteiger partial charge in [-0.05, 0) is 13.3 Å². The molecule has 15 heavy (non-hydrogen) atoms. The van der Waals surface area contributed by atoms with E-state index in [4.69, 9.17) is 0 Å². The summed E-state index contributed by atoms with van der Waals surface area (Å²) in [4.78, 5) is 13.3. The minimum absolute atomic E-state index is 0.121. The highest BCUT2D eigenvalue weighted by atomic mass is 16.2. The summed E-state index contributed by atoms with van der Waals surface area (Å²) in [5, 5.41) is 2.87. The first-order valence-electron chi connectivity index (χ1n) is 6.30. The normalized spacial score (nSPS) is 20.8. The molecular formula is C12H24N2O. The van der Waals surface area contributed by atoms with Crippen molar-refractivity contribution in [3.8, 4) is 0 Å². The number of amides is 2. The second-order valence-corrected chi connectivity index (χ2v) is 4.50. The number of hydrogen-bond acceptors (Lipinski definition) is 1. The Hall–Kier alpha value is -0.730. The Morgan fingerprint density at radius 3 is 2.53 bits per heavy atom. The van der Waals surface area contributed by atoms with Crippen LogP contribution in [0.15, 0.2) is 0 Å². The highest BCUT2D eigenvalue weighted by Crippen LogP contribution is 2.10. The van der Waals surface area contributed by atoms with Crippen molar-refractivity contribution < 1.29 is 4.79 Å². The molecule has 0 aromatic carbocycles. The fourth-order valence-corrected chi connectivity index (χ4v) is 2.03. The van der Waals surface area contributed by atoms with Crippen LogP contribution in [0.4, 0.5) is 4.79 Å². The average Bonchev–Trinajstić information content (AvgIpc) is 2.54. The Kier molecular flexibility index (Phi) is 5.51. The molecule has 0 bridgehead atoms. The van der Waals surface area contributed by atoms with Crippen molar-refractivity contribution in [2.45, 2.75) is 58.4 Å². The number of unbranched alkanes of at least 4 members (excludes halogenated alkanes) is 5. The van der Waals surface area contributed by atoms with E-state index in [1.54, 1.807) is 0 Å². The van der Waals surface area contributed by atoms with E-state index in [2.05, 4.69) is 19.2 Å². The van der Waals surface area contributed by atoms with E-state index in [1.807, 2.05) is 4.90 Å². The van der Waals surface area contributed by atoms with Crippen LogP contribution in [0.3, 0.4) is 0 Å². The summed E-state index contributed by atoms with van der Waals surface area (Å²) in [7, 11) is 0. The number of carbonyl (C=O) groups excluding carboxylic acids is 1. The molecule has 0 aromatic rings. The van der Waals surface area contributed by atoms with Crippen molar-refractivity contribution in [1.29, 1.82) is 0 Å². The Balaban J connectivity index is 2.02. The maximum Gasteiger partial charge on any atom is 0.317 e. The summed E-state index contributed by atoms with van der Waals surface area (Å²) in [5.74, 6) is 0. The van der Waals surface area contributed by atoms with Crippen LogP contribution >= 0.6 is 0 Å². The molecule has 0 aromatic heterocycles. The first-order chi connectivity index (χ1) is 7.25. The van der Waals surface area contributed by atoms with Crippen molar-refractivity contribution in [1.82, 2.24) is 10.2 Å². The number of nitrogens with zero attached hydrogens (tertiary/aromatic N) is 1. The topological polar surface area (TPSA) is 32.3 Å².